The number of hydrogen-bond donors (Lipinski definition) is 0. The van der Waals surface area contributed by atoms with Crippen LogP contribution in [0.15, 0.2) is 179 Å². The van der Waals surface area contributed by atoms with Crippen molar-refractivity contribution in [1.82, 2.24) is 4.98 Å². The number of furan rings is 1. The largest absolute Gasteiger partial charge is 0.455 e. The first-order chi connectivity index (χ1) is 27.7. The minimum absolute atomic E-state index is 0.0998. The highest BCUT2D eigenvalue weighted by Crippen LogP contribution is 2.45. The summed E-state index contributed by atoms with van der Waals surface area (Å²) in [4.78, 5) is 6.78. The Morgan fingerprint density at radius 3 is 2.30 bits per heavy atom. The minimum Gasteiger partial charge on any atom is -0.455 e. The van der Waals surface area contributed by atoms with Crippen LogP contribution in [0.5, 0.6) is 0 Å². The molecular formula is C53H39NOS. The quantitative estimate of drug-likeness (QED) is 0.164. The molecule has 3 aliphatic rings. The molecule has 1 unspecified atom stereocenters. The van der Waals surface area contributed by atoms with Gasteiger partial charge in [-0.2, -0.15) is 0 Å². The van der Waals surface area contributed by atoms with E-state index >= 15 is 0 Å². The van der Waals surface area contributed by atoms with E-state index in [0.717, 1.165) is 70.6 Å². The van der Waals surface area contributed by atoms with Crippen LogP contribution in [-0.4, -0.2) is 4.98 Å². The molecule has 56 heavy (non-hydrogen) atoms. The second kappa shape index (κ2) is 13.5. The fourth-order valence-corrected chi connectivity index (χ4v) is 10.4. The third kappa shape index (κ3) is 5.57. The summed E-state index contributed by atoms with van der Waals surface area (Å²) in [7, 11) is 0. The van der Waals surface area contributed by atoms with Gasteiger partial charge in [-0.25, -0.2) is 4.98 Å². The molecular weight excluding hydrogens is 699 g/mol. The zero-order valence-electron chi connectivity index (χ0n) is 31.1. The van der Waals surface area contributed by atoms with Crippen LogP contribution in [-0.2, 0) is 6.42 Å². The maximum Gasteiger partial charge on any atom is 0.146 e. The number of aryl methyl sites for hydroxylation is 1. The summed E-state index contributed by atoms with van der Waals surface area (Å²) in [6, 6.07) is 43.6. The molecule has 0 saturated heterocycles. The van der Waals surface area contributed by atoms with Crippen LogP contribution < -0.4 is 0 Å². The molecule has 268 valence electrons. The Hall–Kier alpha value is -6.29. The molecule has 3 aromatic heterocycles. The summed E-state index contributed by atoms with van der Waals surface area (Å²) in [6.45, 7) is 4.76. The molecule has 0 amide bonds. The van der Waals surface area contributed by atoms with Gasteiger partial charge in [0.1, 0.15) is 11.2 Å². The first-order valence-corrected chi connectivity index (χ1v) is 20.5. The number of nitrogens with zero attached hydrogens (tertiary/aromatic N) is 1. The van der Waals surface area contributed by atoms with E-state index < -0.39 is 0 Å². The number of benzene rings is 5. The van der Waals surface area contributed by atoms with Crippen LogP contribution in [0, 0.1) is 0 Å². The first-order valence-electron chi connectivity index (χ1n) is 19.7. The average molecular weight is 738 g/mol. The number of rotatable bonds is 5. The summed E-state index contributed by atoms with van der Waals surface area (Å²) < 4.78 is 7.89. The highest BCUT2D eigenvalue weighted by molar-refractivity contribution is 7.20. The molecule has 0 fully saturated rings. The molecule has 3 heteroatoms. The lowest BCUT2D eigenvalue weighted by molar-refractivity contribution is 0.672. The standard InChI is InChI=1S/C53H39NOS/c1-33-30-39(35-22-28-38(29-23-35)51-50-45-16-6-9-20-48(45)55-52(50)44-15-5-8-19-47(44)54-51)31-40(34-12-3-2-4-13-34)32-46(33)37-26-24-36(25-27-37)41-17-11-18-43-42-14-7-10-21-49(42)56-53(41)43/h2-9,11-20,22,24-28,31-32,46H,1,10,21,23,29-30H2. The Morgan fingerprint density at radius 1 is 0.679 bits per heavy atom. The predicted molar refractivity (Wildman–Crippen MR) is 238 cm³/mol. The van der Waals surface area contributed by atoms with Gasteiger partial charge in [0.25, 0.3) is 0 Å². The maximum absolute atomic E-state index is 6.49. The topological polar surface area (TPSA) is 26.0 Å². The molecule has 0 saturated carbocycles. The molecule has 0 radical (unpaired) electrons. The van der Waals surface area contributed by atoms with Gasteiger partial charge in [-0.1, -0.05) is 152 Å². The van der Waals surface area contributed by atoms with Crippen LogP contribution in [0.3, 0.4) is 0 Å². The minimum atomic E-state index is 0.0998. The molecule has 2 nitrogen and oxygen atoms in total. The monoisotopic (exact) mass is 737 g/mol. The molecule has 5 aromatic carbocycles. The van der Waals surface area contributed by atoms with Crippen LogP contribution in [0.25, 0.3) is 71.3 Å². The number of pyridine rings is 1. The fourth-order valence-electron chi connectivity index (χ4n) is 9.10. The molecule has 11 rings (SSSR count). The van der Waals surface area contributed by atoms with E-state index in [-0.39, 0.29) is 5.92 Å². The first kappa shape index (κ1) is 33.1. The summed E-state index contributed by atoms with van der Waals surface area (Å²) >= 11 is 1.97. The van der Waals surface area contributed by atoms with Crippen LogP contribution in [0.1, 0.15) is 58.9 Å². The summed E-state index contributed by atoms with van der Waals surface area (Å²) in [5, 5.41) is 4.66. The van der Waals surface area contributed by atoms with E-state index in [9.17, 15) is 0 Å². The van der Waals surface area contributed by atoms with Gasteiger partial charge in [0, 0.05) is 31.7 Å². The van der Waals surface area contributed by atoms with Crippen molar-refractivity contribution in [1.29, 1.82) is 0 Å². The number of hydrogen-bond acceptors (Lipinski definition) is 3. The Kier molecular flexibility index (Phi) is 7.96. The zero-order chi connectivity index (χ0) is 37.2. The van der Waals surface area contributed by atoms with E-state index in [0.29, 0.717) is 0 Å². The van der Waals surface area contributed by atoms with Crippen molar-refractivity contribution >= 4 is 71.5 Å². The number of aromatic nitrogens is 1. The number of para-hydroxylation sites is 2. The second-order valence-electron chi connectivity index (χ2n) is 15.3. The average Bonchev–Trinajstić information content (AvgIpc) is 3.79. The van der Waals surface area contributed by atoms with Crippen molar-refractivity contribution in [3.63, 3.8) is 0 Å². The van der Waals surface area contributed by atoms with Crippen molar-refractivity contribution in [2.24, 2.45) is 0 Å². The van der Waals surface area contributed by atoms with E-state index in [1.54, 1.807) is 0 Å². The molecule has 8 aromatic rings. The smallest absolute Gasteiger partial charge is 0.146 e. The lowest BCUT2D eigenvalue weighted by Crippen LogP contribution is -2.02. The van der Waals surface area contributed by atoms with E-state index in [4.69, 9.17) is 16.0 Å². The van der Waals surface area contributed by atoms with Gasteiger partial charge in [0.2, 0.25) is 0 Å². The van der Waals surface area contributed by atoms with Crippen molar-refractivity contribution in [2.75, 3.05) is 0 Å². The van der Waals surface area contributed by atoms with E-state index in [1.807, 2.05) is 17.4 Å². The van der Waals surface area contributed by atoms with Gasteiger partial charge in [-0.15, -0.1) is 11.3 Å². The zero-order valence-corrected chi connectivity index (χ0v) is 31.9. The molecule has 1 atom stereocenters. The Bertz CT molecular complexity index is 3050. The highest BCUT2D eigenvalue weighted by atomic mass is 32.1. The SMILES string of the molecule is C=C1CC(C2=CC=C(c3nc4ccccc4c4oc5ccccc5c34)CC2)=CC(c2ccccc2)=CC1c1ccc(-c2cccc3c4c(sc23)CCC=C4)cc1. The third-order valence-electron chi connectivity index (χ3n) is 12.0. The van der Waals surface area contributed by atoms with Crippen molar-refractivity contribution in [3.8, 4) is 11.1 Å². The third-order valence-corrected chi connectivity index (χ3v) is 13.3. The van der Waals surface area contributed by atoms with Gasteiger partial charge in [0.05, 0.1) is 16.6 Å². The van der Waals surface area contributed by atoms with Crippen molar-refractivity contribution in [3.05, 3.63) is 202 Å². The van der Waals surface area contributed by atoms with Crippen LogP contribution >= 0.6 is 11.3 Å². The van der Waals surface area contributed by atoms with Crippen LogP contribution in [0.2, 0.25) is 0 Å². The molecule has 3 aliphatic carbocycles. The van der Waals surface area contributed by atoms with Crippen molar-refractivity contribution < 1.29 is 4.42 Å². The molecule has 0 aliphatic heterocycles. The molecule has 0 bridgehead atoms. The highest BCUT2D eigenvalue weighted by Gasteiger charge is 2.25. The molecule has 0 N–H and O–H groups in total. The maximum atomic E-state index is 6.49. The Balaban J connectivity index is 0.943. The lowest BCUT2D eigenvalue weighted by atomic mass is 9.84. The molecule has 3 heterocycles. The Morgan fingerprint density at radius 2 is 1.45 bits per heavy atom. The number of allylic oxidation sites excluding steroid dienone is 10. The number of fused-ring (bicyclic) bond motifs is 8. The van der Waals surface area contributed by atoms with Gasteiger partial charge < -0.3 is 4.42 Å². The summed E-state index contributed by atoms with van der Waals surface area (Å²) in [5.41, 5.74) is 16.7. The Labute approximate surface area is 330 Å². The number of thiophene rings is 1. The lowest BCUT2D eigenvalue weighted by Gasteiger charge is -2.20. The van der Waals surface area contributed by atoms with Gasteiger partial charge in [-0.3, -0.25) is 0 Å². The fraction of sp³-hybridized carbons (Fsp3) is 0.113. The van der Waals surface area contributed by atoms with Crippen molar-refractivity contribution in [2.45, 2.75) is 38.0 Å². The second-order valence-corrected chi connectivity index (χ2v) is 16.4. The van der Waals surface area contributed by atoms with Gasteiger partial charge >= 0.3 is 0 Å². The van der Waals surface area contributed by atoms with Gasteiger partial charge in [-0.05, 0) is 100 Å². The summed E-state index contributed by atoms with van der Waals surface area (Å²) in [6.07, 6.45) is 19.1. The normalized spacial score (nSPS) is 17.1. The molecule has 0 spiro atoms. The van der Waals surface area contributed by atoms with E-state index in [1.165, 1.54) is 70.6 Å². The summed E-state index contributed by atoms with van der Waals surface area (Å²) in [5.74, 6) is 0.0998. The van der Waals surface area contributed by atoms with E-state index in [2.05, 4.69) is 152 Å². The van der Waals surface area contributed by atoms with Gasteiger partial charge in [0.15, 0.2) is 0 Å². The predicted octanol–water partition coefficient (Wildman–Crippen LogP) is 14.8. The van der Waals surface area contributed by atoms with Crippen LogP contribution in [0.4, 0.5) is 0 Å².